The molecule has 1 N–H and O–H groups in total. The van der Waals surface area contributed by atoms with Gasteiger partial charge >= 0.3 is 0 Å². The van der Waals surface area contributed by atoms with Gasteiger partial charge in [0.1, 0.15) is 0 Å². The normalized spacial score (nSPS) is 26.6. The molecule has 0 aromatic rings. The van der Waals surface area contributed by atoms with Gasteiger partial charge in [0.2, 0.25) is 0 Å². The summed E-state index contributed by atoms with van der Waals surface area (Å²) in [7, 11) is 4.32. The highest BCUT2D eigenvalue weighted by Crippen LogP contribution is 2.13. The Morgan fingerprint density at radius 3 is 2.53 bits per heavy atom. The highest BCUT2D eigenvalue weighted by molar-refractivity contribution is 4.84. The monoisotopic (exact) mass is 241 g/mol. The van der Waals surface area contributed by atoms with Gasteiger partial charge in [-0.3, -0.25) is 4.90 Å². The van der Waals surface area contributed by atoms with Crippen LogP contribution in [0.25, 0.3) is 0 Å². The zero-order valence-corrected chi connectivity index (χ0v) is 12.2. The summed E-state index contributed by atoms with van der Waals surface area (Å²) < 4.78 is 0. The number of rotatable bonds is 7. The van der Waals surface area contributed by atoms with E-state index in [9.17, 15) is 0 Å². The van der Waals surface area contributed by atoms with Gasteiger partial charge in [-0.25, -0.2) is 0 Å². The third-order valence-corrected chi connectivity index (χ3v) is 3.88. The molecule has 0 aromatic heterocycles. The first-order valence-electron chi connectivity index (χ1n) is 7.29. The Morgan fingerprint density at radius 1 is 1.18 bits per heavy atom. The van der Waals surface area contributed by atoms with Gasteiger partial charge in [-0.15, -0.1) is 0 Å². The molecule has 17 heavy (non-hydrogen) atoms. The molecule has 0 radical (unpaired) electrons. The largest absolute Gasteiger partial charge is 0.311 e. The van der Waals surface area contributed by atoms with Crippen LogP contribution in [-0.2, 0) is 0 Å². The Labute approximate surface area is 108 Å². The molecule has 2 atom stereocenters. The number of nitrogens with zero attached hydrogens (tertiary/aromatic N) is 2. The molecule has 0 spiro atoms. The molecular weight excluding hydrogens is 210 g/mol. The van der Waals surface area contributed by atoms with E-state index >= 15 is 0 Å². The molecule has 0 bridgehead atoms. The molecule has 0 aromatic carbocycles. The van der Waals surface area contributed by atoms with Gasteiger partial charge in [0.15, 0.2) is 0 Å². The van der Waals surface area contributed by atoms with Gasteiger partial charge in [-0.2, -0.15) is 0 Å². The van der Waals surface area contributed by atoms with E-state index in [2.05, 4.69) is 43.1 Å². The predicted octanol–water partition coefficient (Wildman–Crippen LogP) is 1.79. The lowest BCUT2D eigenvalue weighted by Crippen LogP contribution is -2.56. The summed E-state index contributed by atoms with van der Waals surface area (Å²) >= 11 is 0. The van der Waals surface area contributed by atoms with Gasteiger partial charge in [-0.1, -0.05) is 13.8 Å². The van der Waals surface area contributed by atoms with E-state index in [1.54, 1.807) is 0 Å². The van der Waals surface area contributed by atoms with Gasteiger partial charge in [-0.05, 0) is 52.9 Å². The van der Waals surface area contributed by atoms with Crippen molar-refractivity contribution < 1.29 is 0 Å². The van der Waals surface area contributed by atoms with E-state index < -0.39 is 0 Å². The minimum Gasteiger partial charge on any atom is -0.311 e. The van der Waals surface area contributed by atoms with Crippen molar-refractivity contribution in [3.05, 3.63) is 0 Å². The van der Waals surface area contributed by atoms with E-state index in [1.807, 2.05) is 0 Å². The van der Waals surface area contributed by atoms with Crippen molar-refractivity contribution in [2.24, 2.45) is 0 Å². The standard InChI is InChI=1S/C14H31N3/c1-5-13-12-17(14(6-2)11-15-13)10-8-7-9-16(3)4/h13-15H,5-12H2,1-4H3. The third-order valence-electron chi connectivity index (χ3n) is 3.88. The molecular formula is C14H31N3. The molecule has 3 nitrogen and oxygen atoms in total. The summed E-state index contributed by atoms with van der Waals surface area (Å²) in [5.41, 5.74) is 0. The molecule has 1 fully saturated rings. The van der Waals surface area contributed by atoms with Crippen molar-refractivity contribution in [3.8, 4) is 0 Å². The quantitative estimate of drug-likeness (QED) is 0.686. The van der Waals surface area contributed by atoms with E-state index in [0.717, 1.165) is 6.04 Å². The van der Waals surface area contributed by atoms with Crippen LogP contribution < -0.4 is 5.32 Å². The van der Waals surface area contributed by atoms with Crippen LogP contribution in [0.4, 0.5) is 0 Å². The zero-order valence-electron chi connectivity index (χ0n) is 12.2. The van der Waals surface area contributed by atoms with Crippen molar-refractivity contribution in [1.82, 2.24) is 15.1 Å². The zero-order chi connectivity index (χ0) is 12.7. The minimum atomic E-state index is 0.714. The Balaban J connectivity index is 2.26. The molecule has 0 saturated carbocycles. The van der Waals surface area contributed by atoms with Crippen LogP contribution >= 0.6 is 0 Å². The lowest BCUT2D eigenvalue weighted by Gasteiger charge is -2.40. The molecule has 0 aliphatic carbocycles. The predicted molar refractivity (Wildman–Crippen MR) is 75.5 cm³/mol. The van der Waals surface area contributed by atoms with Crippen molar-refractivity contribution in [2.75, 3.05) is 40.3 Å². The first-order valence-corrected chi connectivity index (χ1v) is 7.29. The number of unbranched alkanes of at least 4 members (excludes halogenated alkanes) is 1. The van der Waals surface area contributed by atoms with E-state index in [4.69, 9.17) is 0 Å². The molecule has 3 heteroatoms. The van der Waals surface area contributed by atoms with Crippen LogP contribution in [0.15, 0.2) is 0 Å². The number of nitrogens with one attached hydrogen (secondary N) is 1. The molecule has 1 aliphatic heterocycles. The maximum absolute atomic E-state index is 3.66. The Bertz CT molecular complexity index is 194. The first-order chi connectivity index (χ1) is 8.17. The van der Waals surface area contributed by atoms with Crippen LogP contribution in [-0.4, -0.2) is 62.2 Å². The average molecular weight is 241 g/mol. The highest BCUT2D eigenvalue weighted by Gasteiger charge is 2.24. The van der Waals surface area contributed by atoms with E-state index in [0.29, 0.717) is 6.04 Å². The van der Waals surface area contributed by atoms with Crippen molar-refractivity contribution in [2.45, 2.75) is 51.6 Å². The summed E-state index contributed by atoms with van der Waals surface area (Å²) in [4.78, 5) is 4.99. The molecule has 0 amide bonds. The van der Waals surface area contributed by atoms with Crippen molar-refractivity contribution in [1.29, 1.82) is 0 Å². The average Bonchev–Trinajstić information content (AvgIpc) is 2.34. The minimum absolute atomic E-state index is 0.714. The fourth-order valence-corrected chi connectivity index (χ4v) is 2.62. The molecule has 1 aliphatic rings. The van der Waals surface area contributed by atoms with Gasteiger partial charge in [0.05, 0.1) is 0 Å². The summed E-state index contributed by atoms with van der Waals surface area (Å²) in [6, 6.07) is 1.48. The Morgan fingerprint density at radius 2 is 1.94 bits per heavy atom. The topological polar surface area (TPSA) is 18.5 Å². The first kappa shape index (κ1) is 14.9. The maximum atomic E-state index is 3.66. The third kappa shape index (κ3) is 5.36. The van der Waals surface area contributed by atoms with Crippen molar-refractivity contribution in [3.63, 3.8) is 0 Å². The summed E-state index contributed by atoms with van der Waals surface area (Å²) in [6.45, 7) is 9.53. The van der Waals surface area contributed by atoms with Crippen LogP contribution in [0, 0.1) is 0 Å². The Kier molecular flexibility index (Phi) is 7.09. The smallest absolute Gasteiger partial charge is 0.0218 e. The van der Waals surface area contributed by atoms with Crippen LogP contribution in [0.3, 0.4) is 0 Å². The Hall–Kier alpha value is -0.120. The fraction of sp³-hybridized carbons (Fsp3) is 1.00. The van der Waals surface area contributed by atoms with Crippen LogP contribution in [0.2, 0.25) is 0 Å². The van der Waals surface area contributed by atoms with E-state index in [1.165, 1.54) is 51.9 Å². The summed E-state index contributed by atoms with van der Waals surface area (Å²) in [5, 5.41) is 3.66. The highest BCUT2D eigenvalue weighted by atomic mass is 15.2. The summed E-state index contributed by atoms with van der Waals surface area (Å²) in [6.07, 6.45) is 5.19. The lowest BCUT2D eigenvalue weighted by molar-refractivity contribution is 0.122. The second-order valence-electron chi connectivity index (χ2n) is 5.58. The second-order valence-corrected chi connectivity index (χ2v) is 5.58. The fourth-order valence-electron chi connectivity index (χ4n) is 2.62. The number of piperazine rings is 1. The van der Waals surface area contributed by atoms with E-state index in [-0.39, 0.29) is 0 Å². The van der Waals surface area contributed by atoms with Gasteiger partial charge < -0.3 is 10.2 Å². The van der Waals surface area contributed by atoms with Crippen LogP contribution in [0.1, 0.15) is 39.5 Å². The van der Waals surface area contributed by atoms with Gasteiger partial charge in [0.25, 0.3) is 0 Å². The second kappa shape index (κ2) is 8.06. The maximum Gasteiger partial charge on any atom is 0.0218 e. The van der Waals surface area contributed by atoms with Crippen LogP contribution in [0.5, 0.6) is 0 Å². The molecule has 1 saturated heterocycles. The lowest BCUT2D eigenvalue weighted by atomic mass is 10.0. The van der Waals surface area contributed by atoms with Gasteiger partial charge in [0, 0.05) is 25.2 Å². The summed E-state index contributed by atoms with van der Waals surface area (Å²) in [5.74, 6) is 0. The SMILES string of the molecule is CCC1CN(CCCCN(C)C)C(CC)CN1. The molecule has 2 unspecified atom stereocenters. The van der Waals surface area contributed by atoms with Crippen molar-refractivity contribution >= 4 is 0 Å². The number of hydrogen-bond acceptors (Lipinski definition) is 3. The molecule has 102 valence electrons. The molecule has 1 rings (SSSR count). The molecule has 1 heterocycles. The number of hydrogen-bond donors (Lipinski definition) is 1.